The van der Waals surface area contributed by atoms with Crippen molar-refractivity contribution in [3.8, 4) is 5.75 Å². The summed E-state index contributed by atoms with van der Waals surface area (Å²) in [5, 5.41) is 8.97. The molecule has 0 bridgehead atoms. The SMILES string of the molecule is CN(C)C(CN)Cc1cc(F)c(O)cc1F. The van der Waals surface area contributed by atoms with Crippen LogP contribution in [-0.2, 0) is 6.42 Å². The van der Waals surface area contributed by atoms with Crippen molar-refractivity contribution in [3.63, 3.8) is 0 Å². The van der Waals surface area contributed by atoms with Gasteiger partial charge in [-0.1, -0.05) is 0 Å². The van der Waals surface area contributed by atoms with Crippen molar-refractivity contribution in [2.75, 3.05) is 20.6 Å². The van der Waals surface area contributed by atoms with Crippen molar-refractivity contribution < 1.29 is 13.9 Å². The lowest BCUT2D eigenvalue weighted by Crippen LogP contribution is -2.37. The Kier molecular flexibility index (Phi) is 4.20. The van der Waals surface area contributed by atoms with Crippen LogP contribution in [0.2, 0.25) is 0 Å². The van der Waals surface area contributed by atoms with Gasteiger partial charge in [0, 0.05) is 18.7 Å². The number of rotatable bonds is 4. The molecular formula is C11H16F2N2O. The number of nitrogens with two attached hydrogens (primary N) is 1. The zero-order chi connectivity index (χ0) is 12.3. The molecule has 0 saturated carbocycles. The summed E-state index contributed by atoms with van der Waals surface area (Å²) >= 11 is 0. The Morgan fingerprint density at radius 1 is 1.31 bits per heavy atom. The summed E-state index contributed by atoms with van der Waals surface area (Å²) in [6.07, 6.45) is 0.312. The van der Waals surface area contributed by atoms with Crippen LogP contribution in [0.25, 0.3) is 0 Å². The molecule has 1 aromatic rings. The highest BCUT2D eigenvalue weighted by Crippen LogP contribution is 2.21. The molecule has 0 heterocycles. The average Bonchev–Trinajstić information content (AvgIpc) is 2.21. The summed E-state index contributed by atoms with van der Waals surface area (Å²) in [4.78, 5) is 1.85. The molecule has 1 aromatic carbocycles. The van der Waals surface area contributed by atoms with Crippen LogP contribution in [0.4, 0.5) is 8.78 Å². The number of hydrogen-bond acceptors (Lipinski definition) is 3. The molecule has 1 atom stereocenters. The monoisotopic (exact) mass is 230 g/mol. The molecule has 1 unspecified atom stereocenters. The van der Waals surface area contributed by atoms with E-state index in [0.29, 0.717) is 13.0 Å². The van der Waals surface area contributed by atoms with Gasteiger partial charge in [-0.05, 0) is 32.1 Å². The smallest absolute Gasteiger partial charge is 0.165 e. The Morgan fingerprint density at radius 3 is 2.44 bits per heavy atom. The van der Waals surface area contributed by atoms with Crippen LogP contribution < -0.4 is 5.73 Å². The van der Waals surface area contributed by atoms with Crippen LogP contribution in [0, 0.1) is 11.6 Å². The first-order chi connectivity index (χ1) is 7.45. The topological polar surface area (TPSA) is 49.5 Å². The van der Waals surface area contributed by atoms with Gasteiger partial charge in [0.05, 0.1) is 0 Å². The Hall–Kier alpha value is -1.20. The van der Waals surface area contributed by atoms with E-state index < -0.39 is 17.4 Å². The first-order valence-electron chi connectivity index (χ1n) is 4.99. The summed E-state index contributed by atoms with van der Waals surface area (Å²) in [5.74, 6) is -2.10. The lowest BCUT2D eigenvalue weighted by Gasteiger charge is -2.22. The van der Waals surface area contributed by atoms with E-state index in [1.807, 2.05) is 19.0 Å². The highest BCUT2D eigenvalue weighted by Gasteiger charge is 2.15. The molecule has 16 heavy (non-hydrogen) atoms. The van der Waals surface area contributed by atoms with Gasteiger partial charge in [0.25, 0.3) is 0 Å². The van der Waals surface area contributed by atoms with Gasteiger partial charge in [0.15, 0.2) is 11.6 Å². The molecule has 0 radical (unpaired) electrons. The minimum atomic E-state index is -0.814. The minimum Gasteiger partial charge on any atom is -0.505 e. The predicted molar refractivity (Wildman–Crippen MR) is 58.3 cm³/mol. The van der Waals surface area contributed by atoms with Crippen LogP contribution in [0.5, 0.6) is 5.75 Å². The molecule has 0 spiro atoms. The standard InChI is InChI=1S/C11H16F2N2O/c1-15(2)8(6-14)3-7-4-10(13)11(16)5-9(7)12/h4-5,8,16H,3,6,14H2,1-2H3. The molecule has 0 fully saturated rings. The van der Waals surface area contributed by atoms with Crippen molar-refractivity contribution in [1.82, 2.24) is 4.90 Å². The highest BCUT2D eigenvalue weighted by molar-refractivity contribution is 5.30. The fraction of sp³-hybridized carbons (Fsp3) is 0.455. The van der Waals surface area contributed by atoms with Crippen LogP contribution in [0.15, 0.2) is 12.1 Å². The third kappa shape index (κ3) is 2.90. The maximum absolute atomic E-state index is 13.4. The largest absolute Gasteiger partial charge is 0.505 e. The number of nitrogens with zero attached hydrogens (tertiary/aromatic N) is 1. The molecule has 1 rings (SSSR count). The first-order valence-corrected chi connectivity index (χ1v) is 4.99. The van der Waals surface area contributed by atoms with E-state index in [9.17, 15) is 8.78 Å². The molecule has 5 heteroatoms. The van der Waals surface area contributed by atoms with Crippen LogP contribution >= 0.6 is 0 Å². The molecule has 0 aromatic heterocycles. The quantitative estimate of drug-likeness (QED) is 0.814. The number of halogens is 2. The molecule has 0 aliphatic rings. The summed E-state index contributed by atoms with van der Waals surface area (Å²) < 4.78 is 26.5. The van der Waals surface area contributed by atoms with Gasteiger partial charge in [-0.15, -0.1) is 0 Å². The minimum absolute atomic E-state index is 0.0570. The van der Waals surface area contributed by atoms with Crippen LogP contribution in [0.3, 0.4) is 0 Å². The van der Waals surface area contributed by atoms with E-state index in [2.05, 4.69) is 0 Å². The van der Waals surface area contributed by atoms with Gasteiger partial charge in [-0.2, -0.15) is 0 Å². The summed E-state index contributed by atoms with van der Waals surface area (Å²) in [7, 11) is 3.65. The second-order valence-corrected chi connectivity index (χ2v) is 3.95. The Balaban J connectivity index is 2.92. The average molecular weight is 230 g/mol. The van der Waals surface area contributed by atoms with Crippen molar-refractivity contribution in [2.24, 2.45) is 5.73 Å². The maximum atomic E-state index is 13.4. The summed E-state index contributed by atoms with van der Waals surface area (Å²) in [6, 6.07) is 1.74. The van der Waals surface area contributed by atoms with Gasteiger partial charge >= 0.3 is 0 Å². The second-order valence-electron chi connectivity index (χ2n) is 3.95. The van der Waals surface area contributed by atoms with Crippen LogP contribution in [-0.4, -0.2) is 36.7 Å². The third-order valence-corrected chi connectivity index (χ3v) is 2.57. The molecular weight excluding hydrogens is 214 g/mol. The fourth-order valence-electron chi connectivity index (χ4n) is 1.46. The number of phenolic OH excluding ortho intramolecular Hbond substituents is 1. The van der Waals surface area contributed by atoms with E-state index in [4.69, 9.17) is 10.8 Å². The van der Waals surface area contributed by atoms with Crippen molar-refractivity contribution in [3.05, 3.63) is 29.3 Å². The summed E-state index contributed by atoms with van der Waals surface area (Å²) in [6.45, 7) is 0.356. The van der Waals surface area contributed by atoms with E-state index in [-0.39, 0.29) is 11.6 Å². The molecule has 3 nitrogen and oxygen atoms in total. The van der Waals surface area contributed by atoms with E-state index in [0.717, 1.165) is 12.1 Å². The normalized spacial score (nSPS) is 13.1. The second kappa shape index (κ2) is 5.23. The van der Waals surface area contributed by atoms with E-state index >= 15 is 0 Å². The van der Waals surface area contributed by atoms with Crippen molar-refractivity contribution in [1.29, 1.82) is 0 Å². The predicted octanol–water partition coefficient (Wildman–Crippen LogP) is 1.10. The zero-order valence-corrected chi connectivity index (χ0v) is 9.37. The first kappa shape index (κ1) is 12.9. The van der Waals surface area contributed by atoms with Gasteiger partial charge in [0.1, 0.15) is 5.82 Å². The molecule has 90 valence electrons. The van der Waals surface area contributed by atoms with Gasteiger partial charge in [-0.3, -0.25) is 0 Å². The van der Waals surface area contributed by atoms with Crippen molar-refractivity contribution in [2.45, 2.75) is 12.5 Å². The molecule has 0 amide bonds. The fourth-order valence-corrected chi connectivity index (χ4v) is 1.46. The molecule has 0 aliphatic heterocycles. The van der Waals surface area contributed by atoms with Crippen LogP contribution in [0.1, 0.15) is 5.56 Å². The maximum Gasteiger partial charge on any atom is 0.165 e. The number of phenols is 1. The molecule has 0 aliphatic carbocycles. The van der Waals surface area contributed by atoms with E-state index in [1.54, 1.807) is 0 Å². The lowest BCUT2D eigenvalue weighted by molar-refractivity contribution is 0.295. The Bertz CT molecular complexity index is 369. The highest BCUT2D eigenvalue weighted by atomic mass is 19.1. The van der Waals surface area contributed by atoms with E-state index in [1.165, 1.54) is 0 Å². The number of benzene rings is 1. The zero-order valence-electron chi connectivity index (χ0n) is 9.37. The Morgan fingerprint density at radius 2 is 1.94 bits per heavy atom. The number of likely N-dealkylation sites (N-methyl/N-ethyl adjacent to an activating group) is 1. The Labute approximate surface area is 93.5 Å². The number of hydrogen-bond donors (Lipinski definition) is 2. The summed E-state index contributed by atoms with van der Waals surface area (Å²) in [5.41, 5.74) is 5.75. The van der Waals surface area contributed by atoms with Gasteiger partial charge < -0.3 is 15.7 Å². The third-order valence-electron chi connectivity index (χ3n) is 2.57. The lowest BCUT2D eigenvalue weighted by atomic mass is 10.0. The van der Waals surface area contributed by atoms with Gasteiger partial charge in [0.2, 0.25) is 0 Å². The number of aromatic hydroxyl groups is 1. The molecule has 3 N–H and O–H groups in total. The van der Waals surface area contributed by atoms with Gasteiger partial charge in [-0.25, -0.2) is 8.78 Å². The van der Waals surface area contributed by atoms with Crippen molar-refractivity contribution >= 4 is 0 Å². The molecule has 0 saturated heterocycles.